The Kier molecular flexibility index (Phi) is 5.61. The predicted octanol–water partition coefficient (Wildman–Crippen LogP) is 2.69. The lowest BCUT2D eigenvalue weighted by Gasteiger charge is -2.23. The number of ether oxygens (including phenoxy) is 1. The summed E-state index contributed by atoms with van der Waals surface area (Å²) in [4.78, 5) is 12.1. The molecule has 19 heavy (non-hydrogen) atoms. The van der Waals surface area contributed by atoms with Gasteiger partial charge in [-0.05, 0) is 50.4 Å². The third kappa shape index (κ3) is 4.75. The zero-order valence-corrected chi connectivity index (χ0v) is 11.9. The number of halogens is 1. The highest BCUT2D eigenvalue weighted by atomic mass is 19.1. The van der Waals surface area contributed by atoms with Gasteiger partial charge in [-0.1, -0.05) is 6.92 Å². The van der Waals surface area contributed by atoms with E-state index in [4.69, 9.17) is 4.74 Å². The van der Waals surface area contributed by atoms with E-state index in [1.807, 2.05) is 0 Å². The molecule has 2 aliphatic rings. The Hall–Kier alpha value is -0.640. The van der Waals surface area contributed by atoms with E-state index >= 15 is 0 Å². The summed E-state index contributed by atoms with van der Waals surface area (Å²) in [5.74, 6) is 0.870. The first kappa shape index (κ1) is 14.8. The minimum atomic E-state index is -0.809. The van der Waals surface area contributed by atoms with Crippen molar-refractivity contribution < 1.29 is 13.9 Å². The van der Waals surface area contributed by atoms with E-state index in [9.17, 15) is 9.18 Å². The Morgan fingerprint density at radius 1 is 1.21 bits per heavy atom. The normalized spacial score (nSPS) is 33.7. The van der Waals surface area contributed by atoms with Crippen molar-refractivity contribution in [2.45, 2.75) is 51.6 Å². The second-order valence-corrected chi connectivity index (χ2v) is 6.25. The SMILES string of the molecule is CC1CCC(C(=O)NCC2CCOCC2)CC(F)C1. The van der Waals surface area contributed by atoms with Crippen molar-refractivity contribution in [2.75, 3.05) is 19.8 Å². The lowest BCUT2D eigenvalue weighted by molar-refractivity contribution is -0.126. The van der Waals surface area contributed by atoms with Crippen molar-refractivity contribution in [3.05, 3.63) is 0 Å². The smallest absolute Gasteiger partial charge is 0.223 e. The summed E-state index contributed by atoms with van der Waals surface area (Å²) in [6.45, 7) is 4.40. The third-order valence-corrected chi connectivity index (χ3v) is 4.48. The number of carbonyl (C=O) groups is 1. The number of rotatable bonds is 3. The Balaban J connectivity index is 1.75. The van der Waals surface area contributed by atoms with Gasteiger partial charge in [-0.15, -0.1) is 0 Å². The van der Waals surface area contributed by atoms with E-state index in [-0.39, 0.29) is 11.8 Å². The largest absolute Gasteiger partial charge is 0.381 e. The Morgan fingerprint density at radius 2 is 1.95 bits per heavy atom. The van der Waals surface area contributed by atoms with Crippen LogP contribution in [0.25, 0.3) is 0 Å². The fraction of sp³-hybridized carbons (Fsp3) is 0.933. The van der Waals surface area contributed by atoms with E-state index < -0.39 is 6.17 Å². The molecule has 110 valence electrons. The molecule has 1 aliphatic carbocycles. The monoisotopic (exact) mass is 271 g/mol. The molecule has 1 amide bonds. The molecule has 0 bridgehead atoms. The van der Waals surface area contributed by atoms with Gasteiger partial charge in [-0.25, -0.2) is 4.39 Å². The lowest BCUT2D eigenvalue weighted by atomic mass is 9.96. The Morgan fingerprint density at radius 3 is 2.68 bits per heavy atom. The number of hydrogen-bond donors (Lipinski definition) is 1. The highest BCUT2D eigenvalue weighted by Gasteiger charge is 2.28. The first-order valence-electron chi connectivity index (χ1n) is 7.64. The van der Waals surface area contributed by atoms with E-state index in [1.165, 1.54) is 0 Å². The predicted molar refractivity (Wildman–Crippen MR) is 72.6 cm³/mol. The van der Waals surface area contributed by atoms with Gasteiger partial charge in [0.25, 0.3) is 0 Å². The van der Waals surface area contributed by atoms with Gasteiger partial charge in [0.05, 0.1) is 0 Å². The topological polar surface area (TPSA) is 38.3 Å². The molecule has 3 nitrogen and oxygen atoms in total. The van der Waals surface area contributed by atoms with E-state index in [1.54, 1.807) is 0 Å². The molecule has 1 aliphatic heterocycles. The molecule has 0 spiro atoms. The van der Waals surface area contributed by atoms with Crippen LogP contribution < -0.4 is 5.32 Å². The molecule has 3 atom stereocenters. The van der Waals surface area contributed by atoms with Crippen LogP contribution in [0.5, 0.6) is 0 Å². The maximum Gasteiger partial charge on any atom is 0.223 e. The summed E-state index contributed by atoms with van der Waals surface area (Å²) in [6.07, 6.45) is 4.06. The van der Waals surface area contributed by atoms with Crippen molar-refractivity contribution in [3.63, 3.8) is 0 Å². The third-order valence-electron chi connectivity index (χ3n) is 4.48. The van der Waals surface area contributed by atoms with Crippen LogP contribution >= 0.6 is 0 Å². The van der Waals surface area contributed by atoms with Gasteiger partial charge in [0.2, 0.25) is 5.91 Å². The minimum Gasteiger partial charge on any atom is -0.381 e. The zero-order valence-electron chi connectivity index (χ0n) is 11.9. The number of carbonyl (C=O) groups excluding carboxylic acids is 1. The van der Waals surface area contributed by atoms with Gasteiger partial charge in [0.15, 0.2) is 0 Å². The van der Waals surface area contributed by atoms with Crippen LogP contribution in [0.1, 0.15) is 45.4 Å². The average Bonchev–Trinajstić information content (AvgIpc) is 2.58. The number of alkyl halides is 1. The second-order valence-electron chi connectivity index (χ2n) is 6.25. The highest BCUT2D eigenvalue weighted by Crippen LogP contribution is 2.29. The van der Waals surface area contributed by atoms with Crippen molar-refractivity contribution in [2.24, 2.45) is 17.8 Å². The molecule has 1 saturated heterocycles. The molecule has 2 rings (SSSR count). The zero-order chi connectivity index (χ0) is 13.7. The molecule has 1 heterocycles. The quantitative estimate of drug-likeness (QED) is 0.801. The number of amides is 1. The van der Waals surface area contributed by atoms with Crippen LogP contribution in [-0.2, 0) is 9.53 Å². The molecule has 4 heteroatoms. The number of hydrogen-bond acceptors (Lipinski definition) is 2. The lowest BCUT2D eigenvalue weighted by Crippen LogP contribution is -2.36. The van der Waals surface area contributed by atoms with Crippen molar-refractivity contribution >= 4 is 5.91 Å². The maximum atomic E-state index is 13.7. The molecule has 0 radical (unpaired) electrons. The highest BCUT2D eigenvalue weighted by molar-refractivity contribution is 5.78. The molecule has 0 aromatic carbocycles. The van der Waals surface area contributed by atoms with Crippen molar-refractivity contribution in [1.29, 1.82) is 0 Å². The number of nitrogens with one attached hydrogen (secondary N) is 1. The molecule has 0 aromatic rings. The first-order valence-corrected chi connectivity index (χ1v) is 7.64. The second kappa shape index (κ2) is 7.22. The minimum absolute atomic E-state index is 0.0586. The van der Waals surface area contributed by atoms with Gasteiger partial charge in [0, 0.05) is 25.7 Å². The van der Waals surface area contributed by atoms with Gasteiger partial charge < -0.3 is 10.1 Å². The molecule has 3 unspecified atom stereocenters. The Labute approximate surface area is 115 Å². The van der Waals surface area contributed by atoms with Gasteiger partial charge in [-0.2, -0.15) is 0 Å². The molecule has 0 aromatic heterocycles. The van der Waals surface area contributed by atoms with E-state index in [0.717, 1.165) is 45.4 Å². The molecule has 1 saturated carbocycles. The fourth-order valence-electron chi connectivity index (χ4n) is 3.14. The molecular formula is C15H26FNO2. The van der Waals surface area contributed by atoms with Crippen LogP contribution in [0.4, 0.5) is 4.39 Å². The van der Waals surface area contributed by atoms with Crippen LogP contribution in [0.3, 0.4) is 0 Å². The van der Waals surface area contributed by atoms with Crippen LogP contribution in [-0.4, -0.2) is 31.8 Å². The first-order chi connectivity index (χ1) is 9.15. The van der Waals surface area contributed by atoms with Crippen LogP contribution in [0, 0.1) is 17.8 Å². The van der Waals surface area contributed by atoms with Crippen LogP contribution in [0.2, 0.25) is 0 Å². The summed E-state index contributed by atoms with van der Waals surface area (Å²) >= 11 is 0. The summed E-state index contributed by atoms with van der Waals surface area (Å²) in [6, 6.07) is 0. The Bertz CT molecular complexity index is 292. The van der Waals surface area contributed by atoms with Crippen molar-refractivity contribution in [1.82, 2.24) is 5.32 Å². The van der Waals surface area contributed by atoms with Crippen molar-refractivity contribution in [3.8, 4) is 0 Å². The molecule has 1 N–H and O–H groups in total. The maximum absolute atomic E-state index is 13.7. The molecule has 2 fully saturated rings. The van der Waals surface area contributed by atoms with Crippen LogP contribution in [0.15, 0.2) is 0 Å². The summed E-state index contributed by atoms with van der Waals surface area (Å²) in [7, 11) is 0. The van der Waals surface area contributed by atoms with E-state index in [2.05, 4.69) is 12.2 Å². The average molecular weight is 271 g/mol. The molecular weight excluding hydrogens is 245 g/mol. The summed E-state index contributed by atoms with van der Waals surface area (Å²) in [5.41, 5.74) is 0. The fourth-order valence-corrected chi connectivity index (χ4v) is 3.14. The standard InChI is InChI=1S/C15H26FNO2/c1-11-2-3-13(9-14(16)8-11)15(18)17-10-12-4-6-19-7-5-12/h11-14H,2-10H2,1H3,(H,17,18). The van der Waals surface area contributed by atoms with Gasteiger partial charge in [0.1, 0.15) is 6.17 Å². The van der Waals surface area contributed by atoms with Gasteiger partial charge in [-0.3, -0.25) is 4.79 Å². The van der Waals surface area contributed by atoms with E-state index in [0.29, 0.717) is 24.7 Å². The van der Waals surface area contributed by atoms with Gasteiger partial charge >= 0.3 is 0 Å². The summed E-state index contributed by atoms with van der Waals surface area (Å²) in [5, 5.41) is 3.02. The summed E-state index contributed by atoms with van der Waals surface area (Å²) < 4.78 is 19.0.